The maximum Gasteiger partial charge on any atom is 0.281 e. The van der Waals surface area contributed by atoms with Crippen LogP contribution in [0.1, 0.15) is 58.3 Å². The molecular formula is C26H22F5N3O. The third kappa shape index (κ3) is 4.34. The molecule has 0 spiro atoms. The molecule has 0 radical (unpaired) electrons. The van der Waals surface area contributed by atoms with Gasteiger partial charge >= 0.3 is 0 Å². The molecule has 0 saturated heterocycles. The smallest absolute Gasteiger partial charge is 0.281 e. The third-order valence-electron chi connectivity index (χ3n) is 6.37. The number of halogens is 5. The summed E-state index contributed by atoms with van der Waals surface area (Å²) in [7, 11) is 0. The van der Waals surface area contributed by atoms with Gasteiger partial charge in [0.25, 0.3) is 5.92 Å². The Balaban J connectivity index is 1.91. The zero-order valence-corrected chi connectivity index (χ0v) is 18.9. The average Bonchev–Trinajstić information content (AvgIpc) is 3.04. The molecule has 0 bridgehead atoms. The number of rotatable bonds is 5. The molecule has 3 N–H and O–H groups in total. The van der Waals surface area contributed by atoms with E-state index in [1.54, 1.807) is 31.2 Å². The molecule has 1 aliphatic carbocycles. The van der Waals surface area contributed by atoms with Crippen LogP contribution in [0.5, 0.6) is 0 Å². The fourth-order valence-electron chi connectivity index (χ4n) is 4.68. The Labute approximate surface area is 198 Å². The minimum Gasteiger partial charge on any atom is -0.384 e. The van der Waals surface area contributed by atoms with Crippen LogP contribution in [0.25, 0.3) is 11.1 Å². The molecule has 0 aliphatic heterocycles. The second kappa shape index (κ2) is 8.93. The minimum absolute atomic E-state index is 0.00000110. The van der Waals surface area contributed by atoms with Crippen molar-refractivity contribution in [2.75, 3.05) is 5.73 Å². The van der Waals surface area contributed by atoms with Gasteiger partial charge in [0, 0.05) is 17.7 Å². The molecular weight excluding hydrogens is 465 g/mol. The highest BCUT2D eigenvalue weighted by Gasteiger charge is 2.49. The van der Waals surface area contributed by atoms with Crippen LogP contribution in [0.15, 0.2) is 36.4 Å². The molecule has 1 aliphatic rings. The highest BCUT2D eigenvalue weighted by atomic mass is 19.3. The van der Waals surface area contributed by atoms with Gasteiger partial charge in [0.2, 0.25) is 0 Å². The molecule has 4 rings (SSSR count). The topological polar surface area (TPSA) is 82.9 Å². The van der Waals surface area contributed by atoms with Crippen LogP contribution in [-0.4, -0.2) is 22.2 Å². The van der Waals surface area contributed by atoms with Crippen molar-refractivity contribution in [2.45, 2.75) is 51.1 Å². The number of hydrogen-bond donors (Lipinski definition) is 2. The van der Waals surface area contributed by atoms with E-state index in [4.69, 9.17) is 5.73 Å². The molecule has 3 aromatic rings. The third-order valence-corrected chi connectivity index (χ3v) is 6.37. The quantitative estimate of drug-likeness (QED) is 0.444. The number of aromatic nitrogens is 1. The molecule has 1 heterocycles. The SMILES string of the molecule is Cc1nc(N)ccc1-c1ccc(Cc2c(C#N)cc(F)cc2C(F)C(C)F)c2c1C(O)C(F)(F)C2. The van der Waals surface area contributed by atoms with Crippen LogP contribution in [0, 0.1) is 24.1 Å². The maximum absolute atomic E-state index is 14.7. The van der Waals surface area contributed by atoms with E-state index in [0.717, 1.165) is 19.1 Å². The van der Waals surface area contributed by atoms with Crippen molar-refractivity contribution in [2.24, 2.45) is 0 Å². The number of nitrogens with zero attached hydrogens (tertiary/aromatic N) is 2. The summed E-state index contributed by atoms with van der Waals surface area (Å²) in [6.07, 6.45) is -7.31. The lowest BCUT2D eigenvalue weighted by atomic mass is 9.87. The van der Waals surface area contributed by atoms with Crippen LogP contribution >= 0.6 is 0 Å². The van der Waals surface area contributed by atoms with E-state index in [2.05, 4.69) is 4.98 Å². The fraction of sp³-hybridized carbons (Fsp3) is 0.308. The molecule has 9 heteroatoms. The molecule has 182 valence electrons. The van der Waals surface area contributed by atoms with Gasteiger partial charge in [-0.3, -0.25) is 0 Å². The van der Waals surface area contributed by atoms with Crippen LogP contribution < -0.4 is 5.73 Å². The van der Waals surface area contributed by atoms with Gasteiger partial charge in [-0.1, -0.05) is 12.1 Å². The number of benzene rings is 2. The Morgan fingerprint density at radius 1 is 1.20 bits per heavy atom. The normalized spacial score (nSPS) is 18.1. The number of nitriles is 1. The Bertz CT molecular complexity index is 1350. The van der Waals surface area contributed by atoms with Crippen molar-refractivity contribution in [3.05, 3.63) is 81.3 Å². The Morgan fingerprint density at radius 2 is 1.89 bits per heavy atom. The molecule has 3 atom stereocenters. The Kier molecular flexibility index (Phi) is 6.28. The molecule has 0 saturated carbocycles. The summed E-state index contributed by atoms with van der Waals surface area (Å²) in [4.78, 5) is 4.17. The first-order chi connectivity index (χ1) is 16.4. The lowest BCUT2D eigenvalue weighted by Gasteiger charge is -2.20. The number of nitrogen functional groups attached to an aromatic ring is 1. The van der Waals surface area contributed by atoms with Crippen molar-refractivity contribution < 1.29 is 27.1 Å². The number of fused-ring (bicyclic) bond motifs is 1. The number of aliphatic hydroxyl groups is 1. The van der Waals surface area contributed by atoms with E-state index < -0.39 is 36.6 Å². The summed E-state index contributed by atoms with van der Waals surface area (Å²) in [5.41, 5.74) is 6.92. The fourth-order valence-corrected chi connectivity index (χ4v) is 4.68. The van der Waals surface area contributed by atoms with E-state index >= 15 is 0 Å². The predicted molar refractivity (Wildman–Crippen MR) is 121 cm³/mol. The summed E-state index contributed by atoms with van der Waals surface area (Å²) >= 11 is 0. The molecule has 35 heavy (non-hydrogen) atoms. The minimum atomic E-state index is -3.47. The molecule has 0 fully saturated rings. The van der Waals surface area contributed by atoms with Gasteiger partial charge < -0.3 is 10.8 Å². The summed E-state index contributed by atoms with van der Waals surface area (Å²) in [5, 5.41) is 20.1. The van der Waals surface area contributed by atoms with Gasteiger partial charge in [-0.15, -0.1) is 0 Å². The van der Waals surface area contributed by atoms with E-state index in [-0.39, 0.29) is 40.1 Å². The molecule has 3 unspecified atom stereocenters. The van der Waals surface area contributed by atoms with Crippen LogP contribution in [0.4, 0.5) is 27.8 Å². The van der Waals surface area contributed by atoms with Gasteiger partial charge in [0.1, 0.15) is 23.9 Å². The van der Waals surface area contributed by atoms with E-state index in [1.807, 2.05) is 0 Å². The second-order valence-corrected chi connectivity index (χ2v) is 8.76. The number of aryl methyl sites for hydroxylation is 1. The van der Waals surface area contributed by atoms with Crippen LogP contribution in [-0.2, 0) is 12.8 Å². The van der Waals surface area contributed by atoms with E-state index in [9.17, 15) is 32.3 Å². The number of anilines is 1. The summed E-state index contributed by atoms with van der Waals surface area (Å²) in [6.45, 7) is 2.63. The zero-order chi connectivity index (χ0) is 25.7. The van der Waals surface area contributed by atoms with Gasteiger partial charge in [-0.25, -0.2) is 26.9 Å². The summed E-state index contributed by atoms with van der Waals surface area (Å²) < 4.78 is 72.0. The van der Waals surface area contributed by atoms with Crippen molar-refractivity contribution in [3.8, 4) is 17.2 Å². The van der Waals surface area contributed by atoms with Gasteiger partial charge in [0.15, 0.2) is 6.17 Å². The van der Waals surface area contributed by atoms with Gasteiger partial charge in [-0.05, 0) is 77.9 Å². The number of hydrogen-bond acceptors (Lipinski definition) is 4. The van der Waals surface area contributed by atoms with Gasteiger partial charge in [0.05, 0.1) is 11.6 Å². The highest BCUT2D eigenvalue weighted by Crippen LogP contribution is 2.49. The number of alkyl halides is 4. The number of aliphatic hydroxyl groups excluding tert-OH is 1. The monoisotopic (exact) mass is 487 g/mol. The van der Waals surface area contributed by atoms with E-state index in [0.29, 0.717) is 22.4 Å². The standard InChI is InChI=1S/C26H22F5N3O/c1-12(27)24(29)20-9-16(28)7-15(11-32)19(20)8-14-3-4-18(17-5-6-22(33)34-13(17)2)23-21(14)10-26(30,31)25(23)35/h3-7,9,12,24-25,35H,8,10H2,1-2H3,(H2,33,34). The summed E-state index contributed by atoms with van der Waals surface area (Å²) in [6, 6.07) is 9.73. The lowest BCUT2D eigenvalue weighted by Crippen LogP contribution is -2.21. The summed E-state index contributed by atoms with van der Waals surface area (Å²) in [5.74, 6) is -4.12. The number of nitrogens with two attached hydrogens (primary N) is 1. The van der Waals surface area contributed by atoms with E-state index in [1.165, 1.54) is 6.07 Å². The van der Waals surface area contributed by atoms with Crippen molar-refractivity contribution in [3.63, 3.8) is 0 Å². The van der Waals surface area contributed by atoms with Crippen LogP contribution in [0.2, 0.25) is 0 Å². The largest absolute Gasteiger partial charge is 0.384 e. The van der Waals surface area contributed by atoms with Crippen molar-refractivity contribution in [1.82, 2.24) is 4.98 Å². The van der Waals surface area contributed by atoms with Crippen molar-refractivity contribution in [1.29, 1.82) is 5.26 Å². The first-order valence-corrected chi connectivity index (χ1v) is 10.9. The Morgan fingerprint density at radius 3 is 2.51 bits per heavy atom. The zero-order valence-electron chi connectivity index (χ0n) is 18.9. The highest BCUT2D eigenvalue weighted by molar-refractivity contribution is 5.74. The molecule has 0 amide bonds. The first kappa shape index (κ1) is 24.6. The van der Waals surface area contributed by atoms with Crippen LogP contribution in [0.3, 0.4) is 0 Å². The molecule has 4 nitrogen and oxygen atoms in total. The first-order valence-electron chi connectivity index (χ1n) is 10.9. The molecule has 1 aromatic heterocycles. The molecule has 2 aromatic carbocycles. The second-order valence-electron chi connectivity index (χ2n) is 8.76. The van der Waals surface area contributed by atoms with Gasteiger partial charge in [-0.2, -0.15) is 5.26 Å². The number of pyridine rings is 1. The maximum atomic E-state index is 14.7. The predicted octanol–water partition coefficient (Wildman–Crippen LogP) is 5.83. The lowest BCUT2D eigenvalue weighted by molar-refractivity contribution is -0.0966. The average molecular weight is 487 g/mol. The van der Waals surface area contributed by atoms with Crippen molar-refractivity contribution >= 4 is 5.82 Å². The Hall–Kier alpha value is -3.51.